The molecule has 0 unspecified atom stereocenters. The number of fused-ring (bicyclic) bond motifs is 3. The second kappa shape index (κ2) is 4.84. The van der Waals surface area contributed by atoms with E-state index in [1.54, 1.807) is 7.11 Å². The maximum Gasteiger partial charge on any atom is 0.0885 e. The van der Waals surface area contributed by atoms with Crippen LogP contribution in [0.3, 0.4) is 0 Å². The quantitative estimate of drug-likeness (QED) is 0.428. The van der Waals surface area contributed by atoms with E-state index < -0.39 is 0 Å². The number of hydrazine groups is 1. The monoisotopic (exact) mass is 253 g/mol. The molecule has 3 aromatic rings. The van der Waals surface area contributed by atoms with Gasteiger partial charge in [0.2, 0.25) is 0 Å². The summed E-state index contributed by atoms with van der Waals surface area (Å²) in [7, 11) is 1.66. The SMILES string of the molecule is COCc1cc(NN)c2ccc3ccccc3c2n1. The third-order valence-corrected chi connectivity index (χ3v) is 3.20. The molecule has 3 rings (SSSR count). The first kappa shape index (κ1) is 11.9. The fourth-order valence-corrected chi connectivity index (χ4v) is 2.35. The van der Waals surface area contributed by atoms with Crippen molar-refractivity contribution in [2.45, 2.75) is 6.61 Å². The van der Waals surface area contributed by atoms with Crippen molar-refractivity contribution in [3.05, 3.63) is 48.2 Å². The van der Waals surface area contributed by atoms with Gasteiger partial charge in [0, 0.05) is 17.9 Å². The van der Waals surface area contributed by atoms with Gasteiger partial charge < -0.3 is 10.2 Å². The molecule has 0 radical (unpaired) electrons. The fraction of sp³-hybridized carbons (Fsp3) is 0.133. The van der Waals surface area contributed by atoms with Crippen LogP contribution in [0.15, 0.2) is 42.5 Å². The number of pyridine rings is 1. The van der Waals surface area contributed by atoms with E-state index in [4.69, 9.17) is 10.6 Å². The summed E-state index contributed by atoms with van der Waals surface area (Å²) in [5, 5.41) is 3.30. The van der Waals surface area contributed by atoms with E-state index in [2.05, 4.69) is 28.6 Å². The van der Waals surface area contributed by atoms with Gasteiger partial charge >= 0.3 is 0 Å². The summed E-state index contributed by atoms with van der Waals surface area (Å²) in [5.41, 5.74) is 5.41. The lowest BCUT2D eigenvalue weighted by Gasteiger charge is -2.10. The van der Waals surface area contributed by atoms with Crippen LogP contribution < -0.4 is 11.3 Å². The Kier molecular flexibility index (Phi) is 3.03. The van der Waals surface area contributed by atoms with E-state index in [0.29, 0.717) is 6.61 Å². The maximum absolute atomic E-state index is 5.61. The summed E-state index contributed by atoms with van der Waals surface area (Å²) in [6, 6.07) is 14.2. The second-order valence-electron chi connectivity index (χ2n) is 4.42. The van der Waals surface area contributed by atoms with E-state index >= 15 is 0 Å². The van der Waals surface area contributed by atoms with Gasteiger partial charge in [-0.1, -0.05) is 36.4 Å². The number of nitrogens with two attached hydrogens (primary N) is 1. The van der Waals surface area contributed by atoms with Gasteiger partial charge in [-0.15, -0.1) is 0 Å². The van der Waals surface area contributed by atoms with Gasteiger partial charge in [-0.2, -0.15) is 0 Å². The maximum atomic E-state index is 5.61. The van der Waals surface area contributed by atoms with Crippen molar-refractivity contribution < 1.29 is 4.74 Å². The lowest BCUT2D eigenvalue weighted by Crippen LogP contribution is -2.08. The zero-order valence-corrected chi connectivity index (χ0v) is 10.7. The minimum absolute atomic E-state index is 0.466. The molecule has 4 heteroatoms. The number of nitrogens with one attached hydrogen (secondary N) is 1. The van der Waals surface area contributed by atoms with Crippen LogP contribution in [-0.4, -0.2) is 12.1 Å². The van der Waals surface area contributed by atoms with Gasteiger partial charge in [-0.25, -0.2) is 4.98 Å². The molecule has 0 aliphatic heterocycles. The van der Waals surface area contributed by atoms with Gasteiger partial charge in [0.05, 0.1) is 23.5 Å². The van der Waals surface area contributed by atoms with Crippen LogP contribution in [0, 0.1) is 0 Å². The number of methoxy groups -OCH3 is 1. The second-order valence-corrected chi connectivity index (χ2v) is 4.42. The molecule has 0 spiro atoms. The average Bonchev–Trinajstić information content (AvgIpc) is 2.46. The van der Waals surface area contributed by atoms with E-state index in [-0.39, 0.29) is 0 Å². The van der Waals surface area contributed by atoms with Crippen molar-refractivity contribution in [3.8, 4) is 0 Å². The molecule has 0 aliphatic rings. The summed E-state index contributed by atoms with van der Waals surface area (Å²) in [6.45, 7) is 0.466. The van der Waals surface area contributed by atoms with Crippen LogP contribution in [0.2, 0.25) is 0 Å². The molecule has 2 aromatic carbocycles. The van der Waals surface area contributed by atoms with Crippen LogP contribution in [0.5, 0.6) is 0 Å². The lowest BCUT2D eigenvalue weighted by molar-refractivity contribution is 0.182. The van der Waals surface area contributed by atoms with Crippen molar-refractivity contribution in [1.82, 2.24) is 4.98 Å². The summed E-state index contributed by atoms with van der Waals surface area (Å²) >= 11 is 0. The standard InChI is InChI=1S/C15H15N3O/c1-19-9-11-8-14(18-16)13-7-6-10-4-2-3-5-12(10)15(13)17-11/h2-8H,9,16H2,1H3,(H,17,18). The number of rotatable bonds is 3. The van der Waals surface area contributed by atoms with Crippen molar-refractivity contribution in [1.29, 1.82) is 0 Å². The molecule has 3 N–H and O–H groups in total. The van der Waals surface area contributed by atoms with E-state index in [1.165, 1.54) is 5.39 Å². The first-order valence-electron chi connectivity index (χ1n) is 6.10. The molecule has 4 nitrogen and oxygen atoms in total. The van der Waals surface area contributed by atoms with Crippen LogP contribution >= 0.6 is 0 Å². The average molecular weight is 253 g/mol. The van der Waals surface area contributed by atoms with Crippen molar-refractivity contribution in [2.75, 3.05) is 12.5 Å². The van der Waals surface area contributed by atoms with Gasteiger partial charge in [-0.05, 0) is 11.5 Å². The lowest BCUT2D eigenvalue weighted by atomic mass is 10.0. The zero-order valence-electron chi connectivity index (χ0n) is 10.7. The third-order valence-electron chi connectivity index (χ3n) is 3.20. The van der Waals surface area contributed by atoms with Crippen LogP contribution in [0.4, 0.5) is 5.69 Å². The minimum Gasteiger partial charge on any atom is -0.378 e. The summed E-state index contributed by atoms with van der Waals surface area (Å²) in [4.78, 5) is 4.68. The molecule has 0 saturated carbocycles. The smallest absolute Gasteiger partial charge is 0.0885 e. The number of aromatic nitrogens is 1. The topological polar surface area (TPSA) is 60.2 Å². The van der Waals surface area contributed by atoms with Crippen LogP contribution in [-0.2, 0) is 11.3 Å². The first-order chi connectivity index (χ1) is 9.33. The number of anilines is 1. The van der Waals surface area contributed by atoms with Crippen LogP contribution in [0.1, 0.15) is 5.69 Å². The molecule has 96 valence electrons. The zero-order chi connectivity index (χ0) is 13.2. The van der Waals surface area contributed by atoms with Crippen molar-refractivity contribution in [3.63, 3.8) is 0 Å². The van der Waals surface area contributed by atoms with E-state index in [1.807, 2.05) is 24.3 Å². The Morgan fingerprint density at radius 2 is 2.00 bits per heavy atom. The number of hydrogen-bond acceptors (Lipinski definition) is 4. The molecule has 1 heterocycles. The van der Waals surface area contributed by atoms with Crippen molar-refractivity contribution >= 4 is 27.4 Å². The highest BCUT2D eigenvalue weighted by Gasteiger charge is 2.08. The largest absolute Gasteiger partial charge is 0.378 e. The Labute approximate surface area is 111 Å². The van der Waals surface area contributed by atoms with E-state index in [9.17, 15) is 0 Å². The normalized spacial score (nSPS) is 11.1. The molecule has 0 bridgehead atoms. The Bertz CT molecular complexity index is 740. The Hall–Kier alpha value is -2.17. The minimum atomic E-state index is 0.466. The third kappa shape index (κ3) is 2.01. The molecule has 1 aromatic heterocycles. The number of nitrogen functional groups attached to an aromatic ring is 1. The molecule has 0 atom stereocenters. The number of benzene rings is 2. The molecular formula is C15H15N3O. The summed E-state index contributed by atoms with van der Waals surface area (Å²) in [6.07, 6.45) is 0. The molecule has 0 saturated heterocycles. The molecule has 0 aliphatic carbocycles. The van der Waals surface area contributed by atoms with E-state index in [0.717, 1.165) is 27.7 Å². The van der Waals surface area contributed by atoms with Gasteiger partial charge in [0.15, 0.2) is 0 Å². The number of nitrogens with zero attached hydrogens (tertiary/aromatic N) is 1. The Balaban J connectivity index is 2.39. The number of hydrogen-bond donors (Lipinski definition) is 2. The predicted octanol–water partition coefficient (Wildman–Crippen LogP) is 2.82. The molecule has 19 heavy (non-hydrogen) atoms. The Morgan fingerprint density at radius 1 is 1.16 bits per heavy atom. The Morgan fingerprint density at radius 3 is 2.79 bits per heavy atom. The van der Waals surface area contributed by atoms with Gasteiger partial charge in [0.25, 0.3) is 0 Å². The molecule has 0 fully saturated rings. The highest BCUT2D eigenvalue weighted by atomic mass is 16.5. The van der Waals surface area contributed by atoms with Gasteiger partial charge in [-0.3, -0.25) is 5.84 Å². The number of ether oxygens (including phenoxy) is 1. The summed E-state index contributed by atoms with van der Waals surface area (Å²) < 4.78 is 5.16. The predicted molar refractivity (Wildman–Crippen MR) is 77.8 cm³/mol. The first-order valence-corrected chi connectivity index (χ1v) is 6.10. The van der Waals surface area contributed by atoms with Crippen LogP contribution in [0.25, 0.3) is 21.7 Å². The van der Waals surface area contributed by atoms with Gasteiger partial charge in [0.1, 0.15) is 0 Å². The summed E-state index contributed by atoms with van der Waals surface area (Å²) in [5.74, 6) is 5.61. The fourth-order valence-electron chi connectivity index (χ4n) is 2.35. The highest BCUT2D eigenvalue weighted by Crippen LogP contribution is 2.29. The molecular weight excluding hydrogens is 238 g/mol. The van der Waals surface area contributed by atoms with Crippen molar-refractivity contribution in [2.24, 2.45) is 5.84 Å². The molecule has 0 amide bonds. The highest BCUT2D eigenvalue weighted by molar-refractivity contribution is 6.09.